The van der Waals surface area contributed by atoms with Gasteiger partial charge >= 0.3 is 0 Å². The quantitative estimate of drug-likeness (QED) is 0.180. The van der Waals surface area contributed by atoms with Crippen LogP contribution in [0.2, 0.25) is 0 Å². The topological polar surface area (TPSA) is 21.3 Å². The summed E-state index contributed by atoms with van der Waals surface area (Å²) in [6.45, 7) is 4.76. The zero-order valence-electron chi connectivity index (χ0n) is 31.8. The maximum atomic E-state index is 6.73. The second kappa shape index (κ2) is 11.7. The smallest absolute Gasteiger partial charge is 0.161 e. The SMILES string of the molecule is CC1(C)c2ccccc2C2(c3ccccc3-c3ccc(N(c4ccccc4)c4ccc5c(c4)c4oc6ccccc6c4n5-c4ccccc4)cc32)c2ccccc21. The van der Waals surface area contributed by atoms with E-state index in [9.17, 15) is 0 Å². The third-order valence-corrected chi connectivity index (χ3v) is 12.8. The summed E-state index contributed by atoms with van der Waals surface area (Å²) in [6, 6.07) is 71.1. The molecule has 2 aliphatic rings. The van der Waals surface area contributed by atoms with Gasteiger partial charge in [-0.1, -0.05) is 141 Å². The molecule has 0 saturated heterocycles. The first kappa shape index (κ1) is 32.2. The molecule has 0 atom stereocenters. The molecule has 2 aromatic heterocycles. The van der Waals surface area contributed by atoms with E-state index in [1.54, 1.807) is 0 Å². The average Bonchev–Trinajstić information content (AvgIpc) is 3.89. The number of aromatic nitrogens is 1. The summed E-state index contributed by atoms with van der Waals surface area (Å²) in [5.41, 5.74) is 18.4. The highest BCUT2D eigenvalue weighted by molar-refractivity contribution is 6.17. The van der Waals surface area contributed by atoms with E-state index in [1.165, 1.54) is 44.5 Å². The molecule has 0 saturated carbocycles. The zero-order valence-corrected chi connectivity index (χ0v) is 31.8. The molecule has 3 heteroatoms. The van der Waals surface area contributed by atoms with Crippen LogP contribution >= 0.6 is 0 Å². The molecule has 0 N–H and O–H groups in total. The first-order chi connectivity index (χ1) is 28.0. The molecule has 8 aromatic carbocycles. The maximum absolute atomic E-state index is 6.73. The van der Waals surface area contributed by atoms with Crippen molar-refractivity contribution in [3.63, 3.8) is 0 Å². The van der Waals surface area contributed by atoms with Crippen molar-refractivity contribution in [3.05, 3.63) is 228 Å². The van der Waals surface area contributed by atoms with Crippen LogP contribution in [0.1, 0.15) is 47.2 Å². The lowest BCUT2D eigenvalue weighted by molar-refractivity contribution is 0.563. The van der Waals surface area contributed by atoms with Gasteiger partial charge in [-0.2, -0.15) is 0 Å². The van der Waals surface area contributed by atoms with Crippen LogP contribution in [0.4, 0.5) is 17.1 Å². The minimum Gasteiger partial charge on any atom is -0.454 e. The Hall–Kier alpha value is -7.10. The fraction of sp³-hybridized carbons (Fsp3) is 0.0741. The second-order valence-electron chi connectivity index (χ2n) is 16.1. The van der Waals surface area contributed by atoms with Gasteiger partial charge in [-0.25, -0.2) is 0 Å². The highest BCUT2D eigenvalue weighted by Crippen LogP contribution is 2.62. The van der Waals surface area contributed by atoms with E-state index < -0.39 is 5.41 Å². The monoisotopic (exact) mass is 730 g/mol. The van der Waals surface area contributed by atoms with Crippen molar-refractivity contribution in [2.45, 2.75) is 24.7 Å². The van der Waals surface area contributed by atoms with Crippen LogP contribution in [0.3, 0.4) is 0 Å². The van der Waals surface area contributed by atoms with Crippen molar-refractivity contribution in [2.24, 2.45) is 0 Å². The molecule has 0 bridgehead atoms. The summed E-state index contributed by atoms with van der Waals surface area (Å²) >= 11 is 0. The zero-order chi connectivity index (χ0) is 37.9. The minimum atomic E-state index is -0.482. The Bertz CT molecular complexity index is 3170. The van der Waals surface area contributed by atoms with Gasteiger partial charge in [0, 0.05) is 38.9 Å². The third-order valence-electron chi connectivity index (χ3n) is 12.8. The van der Waals surface area contributed by atoms with Crippen LogP contribution < -0.4 is 4.90 Å². The third kappa shape index (κ3) is 4.26. The van der Waals surface area contributed by atoms with Gasteiger partial charge in [-0.3, -0.25) is 0 Å². The van der Waals surface area contributed by atoms with Gasteiger partial charge in [-0.15, -0.1) is 0 Å². The lowest BCUT2D eigenvalue weighted by Gasteiger charge is -2.46. The molecule has 3 nitrogen and oxygen atoms in total. The molecule has 57 heavy (non-hydrogen) atoms. The molecule has 10 aromatic rings. The van der Waals surface area contributed by atoms with Gasteiger partial charge in [-0.05, 0) is 111 Å². The van der Waals surface area contributed by atoms with Crippen LogP contribution in [-0.2, 0) is 10.8 Å². The van der Waals surface area contributed by atoms with Crippen LogP contribution in [0, 0.1) is 0 Å². The number of nitrogens with zero attached hydrogens (tertiary/aromatic N) is 2. The van der Waals surface area contributed by atoms with Crippen molar-refractivity contribution in [2.75, 3.05) is 4.90 Å². The fourth-order valence-corrected chi connectivity index (χ4v) is 10.5. The van der Waals surface area contributed by atoms with E-state index in [2.05, 4.69) is 211 Å². The number of anilines is 3. The van der Waals surface area contributed by atoms with E-state index in [-0.39, 0.29) is 5.41 Å². The maximum Gasteiger partial charge on any atom is 0.161 e. The van der Waals surface area contributed by atoms with Crippen molar-refractivity contribution in [1.29, 1.82) is 0 Å². The second-order valence-corrected chi connectivity index (χ2v) is 16.1. The lowest BCUT2D eigenvalue weighted by Crippen LogP contribution is -2.40. The summed E-state index contributed by atoms with van der Waals surface area (Å²) in [6.07, 6.45) is 0. The number of hydrogen-bond donors (Lipinski definition) is 0. The Morgan fingerprint density at radius 2 is 1.00 bits per heavy atom. The molecular formula is C54H38N2O. The molecule has 0 radical (unpaired) electrons. The van der Waals surface area contributed by atoms with Gasteiger partial charge < -0.3 is 13.9 Å². The van der Waals surface area contributed by atoms with E-state index in [4.69, 9.17) is 4.42 Å². The van der Waals surface area contributed by atoms with Gasteiger partial charge in [0.15, 0.2) is 5.58 Å². The highest BCUT2D eigenvalue weighted by atomic mass is 16.3. The van der Waals surface area contributed by atoms with Crippen LogP contribution in [-0.4, -0.2) is 4.57 Å². The summed E-state index contributed by atoms with van der Waals surface area (Å²) < 4.78 is 9.08. The molecule has 1 spiro atoms. The minimum absolute atomic E-state index is 0.155. The van der Waals surface area contributed by atoms with Crippen molar-refractivity contribution in [1.82, 2.24) is 4.57 Å². The molecule has 2 heterocycles. The molecule has 270 valence electrons. The number of hydrogen-bond acceptors (Lipinski definition) is 2. The van der Waals surface area contributed by atoms with Crippen molar-refractivity contribution in [3.8, 4) is 16.8 Å². The number of furan rings is 1. The Labute approximate surface area is 331 Å². The summed E-state index contributed by atoms with van der Waals surface area (Å²) in [4.78, 5) is 2.41. The number of para-hydroxylation sites is 3. The van der Waals surface area contributed by atoms with Gasteiger partial charge in [0.25, 0.3) is 0 Å². The highest BCUT2D eigenvalue weighted by Gasteiger charge is 2.53. The fourth-order valence-electron chi connectivity index (χ4n) is 10.5. The molecule has 12 rings (SSSR count). The predicted octanol–water partition coefficient (Wildman–Crippen LogP) is 14.0. The summed E-state index contributed by atoms with van der Waals surface area (Å²) in [7, 11) is 0. The molecule has 0 unspecified atom stereocenters. The summed E-state index contributed by atoms with van der Waals surface area (Å²) in [5.74, 6) is 0. The Balaban J connectivity index is 1.14. The molecule has 2 aliphatic carbocycles. The number of benzene rings is 8. The van der Waals surface area contributed by atoms with Crippen LogP contribution in [0.5, 0.6) is 0 Å². The normalized spacial score (nSPS) is 14.4. The Kier molecular flexibility index (Phi) is 6.61. The van der Waals surface area contributed by atoms with Crippen molar-refractivity contribution < 1.29 is 4.42 Å². The Morgan fingerprint density at radius 1 is 0.439 bits per heavy atom. The van der Waals surface area contributed by atoms with Crippen LogP contribution in [0.15, 0.2) is 199 Å². The first-order valence-electron chi connectivity index (χ1n) is 19.9. The molecule has 0 fully saturated rings. The van der Waals surface area contributed by atoms with E-state index in [0.29, 0.717) is 0 Å². The molecule has 0 aliphatic heterocycles. The van der Waals surface area contributed by atoms with Crippen molar-refractivity contribution >= 4 is 50.0 Å². The molecule has 0 amide bonds. The van der Waals surface area contributed by atoms with E-state index >= 15 is 0 Å². The summed E-state index contributed by atoms with van der Waals surface area (Å²) in [5, 5.41) is 2.18. The molecular weight excluding hydrogens is 693 g/mol. The van der Waals surface area contributed by atoms with Crippen LogP contribution in [0.25, 0.3) is 49.8 Å². The standard InChI is InChI=1S/C54H38N2O/c1-53(2)44-24-12-14-26-46(44)54(47-27-15-13-25-45(47)53)43-23-11-9-21-39(43)40-31-29-38(34-48(40)54)55(35-17-5-3-6-18-35)37-30-32-49-42(33-37)52-51(41-22-10-16-28-50(41)57-52)56(49)36-19-7-4-8-20-36/h3-34H,1-2H3. The van der Waals surface area contributed by atoms with Gasteiger partial charge in [0.2, 0.25) is 0 Å². The van der Waals surface area contributed by atoms with E-state index in [0.717, 1.165) is 55.7 Å². The average molecular weight is 731 g/mol. The lowest BCUT2D eigenvalue weighted by atomic mass is 9.55. The number of rotatable bonds is 4. The largest absolute Gasteiger partial charge is 0.454 e. The number of fused-ring (bicyclic) bond motifs is 14. The Morgan fingerprint density at radius 3 is 1.74 bits per heavy atom. The van der Waals surface area contributed by atoms with E-state index in [1.807, 2.05) is 6.07 Å². The first-order valence-corrected chi connectivity index (χ1v) is 19.9. The van der Waals surface area contributed by atoms with Gasteiger partial charge in [0.05, 0.1) is 10.9 Å². The predicted molar refractivity (Wildman–Crippen MR) is 235 cm³/mol. The van der Waals surface area contributed by atoms with Gasteiger partial charge in [0.1, 0.15) is 11.1 Å².